The van der Waals surface area contributed by atoms with Gasteiger partial charge in [-0.05, 0) is 67.4 Å². The minimum Gasteiger partial charge on any atom is -0.494 e. The van der Waals surface area contributed by atoms with Crippen molar-refractivity contribution in [3.05, 3.63) is 93.8 Å². The predicted molar refractivity (Wildman–Crippen MR) is 144 cm³/mol. The van der Waals surface area contributed by atoms with Gasteiger partial charge in [0.25, 0.3) is 5.56 Å². The Balaban J connectivity index is 1.54. The zero-order chi connectivity index (χ0) is 26.2. The number of ether oxygens (including phenoxy) is 1. The average molecular weight is 518 g/mol. The SMILES string of the molecule is Cc1ccc(-n2c(O)c(C=Nc3ccc(S(=O)(=O)N4CCOCC4)cc3)c3ccccc3c2=O)cc1C. The maximum atomic E-state index is 13.3. The molecule has 4 aromatic rings. The highest BCUT2D eigenvalue weighted by Gasteiger charge is 2.26. The summed E-state index contributed by atoms with van der Waals surface area (Å²) in [6.07, 6.45) is 1.50. The van der Waals surface area contributed by atoms with Crippen LogP contribution in [0.5, 0.6) is 5.88 Å². The second-order valence-electron chi connectivity index (χ2n) is 8.96. The highest BCUT2D eigenvalue weighted by molar-refractivity contribution is 7.89. The number of rotatable bonds is 5. The van der Waals surface area contributed by atoms with E-state index in [9.17, 15) is 18.3 Å². The van der Waals surface area contributed by atoms with Gasteiger partial charge in [0.15, 0.2) is 0 Å². The van der Waals surface area contributed by atoms with Gasteiger partial charge in [-0.3, -0.25) is 9.79 Å². The van der Waals surface area contributed by atoms with Crippen molar-refractivity contribution in [1.29, 1.82) is 0 Å². The lowest BCUT2D eigenvalue weighted by Crippen LogP contribution is -2.40. The fourth-order valence-electron chi connectivity index (χ4n) is 4.37. The molecule has 0 amide bonds. The molecule has 0 unspecified atom stereocenters. The van der Waals surface area contributed by atoms with E-state index < -0.39 is 10.0 Å². The molecule has 8 nitrogen and oxygen atoms in total. The first kappa shape index (κ1) is 24.9. The minimum atomic E-state index is -3.61. The zero-order valence-corrected chi connectivity index (χ0v) is 21.4. The summed E-state index contributed by atoms with van der Waals surface area (Å²) in [6.45, 7) is 5.34. The van der Waals surface area contributed by atoms with E-state index in [2.05, 4.69) is 4.99 Å². The van der Waals surface area contributed by atoms with E-state index in [1.54, 1.807) is 42.5 Å². The van der Waals surface area contributed by atoms with Crippen molar-refractivity contribution in [2.24, 2.45) is 4.99 Å². The van der Waals surface area contributed by atoms with Crippen LogP contribution >= 0.6 is 0 Å². The third-order valence-corrected chi connectivity index (χ3v) is 8.55. The van der Waals surface area contributed by atoms with Gasteiger partial charge >= 0.3 is 0 Å². The van der Waals surface area contributed by atoms with Gasteiger partial charge in [0.05, 0.1) is 35.0 Å². The van der Waals surface area contributed by atoms with Crippen LogP contribution < -0.4 is 5.56 Å². The molecular weight excluding hydrogens is 490 g/mol. The number of aromatic hydroxyl groups is 1. The first-order chi connectivity index (χ1) is 17.8. The molecule has 37 heavy (non-hydrogen) atoms. The Labute approximate surface area is 215 Å². The van der Waals surface area contributed by atoms with Gasteiger partial charge in [0.2, 0.25) is 15.9 Å². The van der Waals surface area contributed by atoms with Crippen molar-refractivity contribution in [2.75, 3.05) is 26.3 Å². The molecule has 3 aromatic carbocycles. The van der Waals surface area contributed by atoms with E-state index in [-0.39, 0.29) is 16.3 Å². The lowest BCUT2D eigenvalue weighted by atomic mass is 10.1. The number of morpholine rings is 1. The van der Waals surface area contributed by atoms with Gasteiger partial charge in [0, 0.05) is 30.1 Å². The van der Waals surface area contributed by atoms with Crippen molar-refractivity contribution >= 4 is 32.7 Å². The Kier molecular flexibility index (Phi) is 6.68. The first-order valence-electron chi connectivity index (χ1n) is 11.9. The van der Waals surface area contributed by atoms with Crippen LogP contribution in [-0.4, -0.2) is 54.9 Å². The fourth-order valence-corrected chi connectivity index (χ4v) is 5.78. The molecule has 190 valence electrons. The lowest BCUT2D eigenvalue weighted by Gasteiger charge is -2.26. The number of benzene rings is 3. The normalized spacial score (nSPS) is 15.0. The predicted octanol–water partition coefficient (Wildman–Crippen LogP) is 4.08. The van der Waals surface area contributed by atoms with Gasteiger partial charge in [-0.25, -0.2) is 13.0 Å². The molecule has 0 radical (unpaired) electrons. The van der Waals surface area contributed by atoms with Gasteiger partial charge < -0.3 is 9.84 Å². The topological polar surface area (TPSA) is 101 Å². The summed E-state index contributed by atoms with van der Waals surface area (Å²) < 4.78 is 33.7. The molecule has 1 N–H and O–H groups in total. The number of fused-ring (bicyclic) bond motifs is 1. The van der Waals surface area contributed by atoms with Crippen molar-refractivity contribution < 1.29 is 18.3 Å². The Bertz CT molecular complexity index is 1670. The number of sulfonamides is 1. The van der Waals surface area contributed by atoms with Crippen LogP contribution in [0.25, 0.3) is 16.5 Å². The number of hydrogen-bond acceptors (Lipinski definition) is 6. The number of aromatic nitrogens is 1. The number of hydrogen-bond donors (Lipinski definition) is 1. The van der Waals surface area contributed by atoms with Crippen molar-refractivity contribution in [1.82, 2.24) is 8.87 Å². The molecule has 1 aliphatic heterocycles. The van der Waals surface area contributed by atoms with Crippen LogP contribution in [0.2, 0.25) is 0 Å². The number of aliphatic imine (C=N–C) groups is 1. The van der Waals surface area contributed by atoms with Crippen molar-refractivity contribution in [3.8, 4) is 11.6 Å². The third kappa shape index (κ3) is 4.69. The van der Waals surface area contributed by atoms with E-state index in [0.29, 0.717) is 54.0 Å². The highest BCUT2D eigenvalue weighted by Crippen LogP contribution is 2.28. The van der Waals surface area contributed by atoms with Crippen LogP contribution in [0.1, 0.15) is 16.7 Å². The molecule has 0 bridgehead atoms. The van der Waals surface area contributed by atoms with Crippen LogP contribution in [-0.2, 0) is 14.8 Å². The van der Waals surface area contributed by atoms with Gasteiger partial charge in [-0.2, -0.15) is 4.31 Å². The summed E-state index contributed by atoms with van der Waals surface area (Å²) in [6, 6.07) is 18.9. The molecule has 0 atom stereocenters. The summed E-state index contributed by atoms with van der Waals surface area (Å²) in [5.74, 6) is -0.220. The van der Waals surface area contributed by atoms with E-state index in [0.717, 1.165) is 11.1 Å². The summed E-state index contributed by atoms with van der Waals surface area (Å²) in [5, 5.41) is 12.3. The Morgan fingerprint density at radius 2 is 1.59 bits per heavy atom. The molecule has 1 aliphatic rings. The quantitative estimate of drug-likeness (QED) is 0.402. The lowest BCUT2D eigenvalue weighted by molar-refractivity contribution is 0.0730. The van der Waals surface area contributed by atoms with Crippen LogP contribution in [0.4, 0.5) is 5.69 Å². The largest absolute Gasteiger partial charge is 0.494 e. The van der Waals surface area contributed by atoms with Gasteiger partial charge in [-0.1, -0.05) is 24.3 Å². The van der Waals surface area contributed by atoms with Gasteiger partial charge in [-0.15, -0.1) is 0 Å². The van der Waals surface area contributed by atoms with Crippen molar-refractivity contribution in [2.45, 2.75) is 18.7 Å². The molecule has 1 saturated heterocycles. The number of pyridine rings is 1. The van der Waals surface area contributed by atoms with Crippen molar-refractivity contribution in [3.63, 3.8) is 0 Å². The van der Waals surface area contributed by atoms with E-state index in [1.165, 1.54) is 27.2 Å². The number of aryl methyl sites for hydroxylation is 2. The third-order valence-electron chi connectivity index (χ3n) is 6.64. The molecule has 1 aromatic heterocycles. The maximum absolute atomic E-state index is 13.3. The van der Waals surface area contributed by atoms with Crippen LogP contribution in [0, 0.1) is 13.8 Å². The Hall–Kier alpha value is -3.79. The van der Waals surface area contributed by atoms with Crippen LogP contribution in [0.3, 0.4) is 0 Å². The Morgan fingerprint density at radius 3 is 2.27 bits per heavy atom. The summed E-state index contributed by atoms with van der Waals surface area (Å²) in [4.78, 5) is 18.0. The van der Waals surface area contributed by atoms with E-state index >= 15 is 0 Å². The molecule has 2 heterocycles. The maximum Gasteiger partial charge on any atom is 0.265 e. The molecular formula is C28H27N3O5S. The summed E-state index contributed by atoms with van der Waals surface area (Å²) >= 11 is 0. The Morgan fingerprint density at radius 1 is 0.919 bits per heavy atom. The monoisotopic (exact) mass is 517 g/mol. The second-order valence-corrected chi connectivity index (χ2v) is 10.9. The highest BCUT2D eigenvalue weighted by atomic mass is 32.2. The van der Waals surface area contributed by atoms with Crippen LogP contribution in [0.15, 0.2) is 81.4 Å². The average Bonchev–Trinajstić information content (AvgIpc) is 2.91. The molecule has 0 aliphatic carbocycles. The van der Waals surface area contributed by atoms with Gasteiger partial charge in [0.1, 0.15) is 0 Å². The standard InChI is InChI=1S/C28H27N3O5S/c1-19-7-10-22(17-20(19)2)31-27(32)25-6-4-3-5-24(25)26(28(31)33)18-29-21-8-11-23(12-9-21)37(34,35)30-13-15-36-16-14-30/h3-12,17-18,33H,13-16H2,1-2H3. The smallest absolute Gasteiger partial charge is 0.265 e. The molecule has 1 fully saturated rings. The summed E-state index contributed by atoms with van der Waals surface area (Å²) in [5.41, 5.74) is 3.21. The molecule has 9 heteroatoms. The molecule has 0 spiro atoms. The zero-order valence-electron chi connectivity index (χ0n) is 20.6. The number of nitrogens with zero attached hydrogens (tertiary/aromatic N) is 3. The van der Waals surface area contributed by atoms with E-state index in [1.807, 2.05) is 26.0 Å². The second kappa shape index (κ2) is 9.93. The minimum absolute atomic E-state index is 0.185. The molecule has 0 saturated carbocycles. The van der Waals surface area contributed by atoms with E-state index in [4.69, 9.17) is 4.74 Å². The summed E-state index contributed by atoms with van der Waals surface area (Å²) in [7, 11) is -3.61. The molecule has 5 rings (SSSR count). The first-order valence-corrected chi connectivity index (χ1v) is 13.4. The fraction of sp³-hybridized carbons (Fsp3) is 0.214.